The van der Waals surface area contributed by atoms with E-state index in [2.05, 4.69) is 26.1 Å². The molecule has 1 N–H and O–H groups in total. The zero-order chi connectivity index (χ0) is 13.1. The highest BCUT2D eigenvalue weighted by Gasteiger charge is 2.11. The summed E-state index contributed by atoms with van der Waals surface area (Å²) in [5.74, 6) is -3.70. The molecule has 0 radical (unpaired) electrons. The highest BCUT2D eigenvalue weighted by Crippen LogP contribution is 2.17. The molecule has 0 saturated carbocycles. The smallest absolute Gasteiger partial charge is 0.194 e. The van der Waals surface area contributed by atoms with Crippen LogP contribution in [0.2, 0.25) is 0 Å². The Hall–Kier alpha value is -1.03. The van der Waals surface area contributed by atoms with E-state index in [0.29, 0.717) is 12.1 Å². The van der Waals surface area contributed by atoms with Gasteiger partial charge >= 0.3 is 0 Å². The molecular weight excluding hydrogens is 227 g/mol. The monoisotopic (exact) mass is 245 g/mol. The van der Waals surface area contributed by atoms with Crippen LogP contribution >= 0.6 is 0 Å². The van der Waals surface area contributed by atoms with Crippen LogP contribution in [0.3, 0.4) is 0 Å². The average Bonchev–Trinajstić information content (AvgIpc) is 2.19. The van der Waals surface area contributed by atoms with Crippen molar-refractivity contribution in [2.75, 3.05) is 6.54 Å². The number of rotatable bonds is 4. The lowest BCUT2D eigenvalue weighted by molar-refractivity contribution is 0.366. The van der Waals surface area contributed by atoms with E-state index in [1.807, 2.05) is 0 Å². The summed E-state index contributed by atoms with van der Waals surface area (Å²) in [6, 6.07) is 2.03. The highest BCUT2D eigenvalue weighted by molar-refractivity contribution is 5.19. The number of nitrogens with one attached hydrogen (secondary N) is 1. The van der Waals surface area contributed by atoms with Crippen LogP contribution in [0.25, 0.3) is 0 Å². The van der Waals surface area contributed by atoms with E-state index in [9.17, 15) is 13.2 Å². The fraction of sp³-hybridized carbons (Fsp3) is 0.538. The minimum atomic E-state index is -1.41. The molecule has 0 aromatic heterocycles. The van der Waals surface area contributed by atoms with Crippen molar-refractivity contribution in [2.45, 2.75) is 33.7 Å². The Balaban J connectivity index is 2.48. The van der Waals surface area contributed by atoms with Gasteiger partial charge in [-0.2, -0.15) is 0 Å². The minimum Gasteiger partial charge on any atom is -0.313 e. The average molecular weight is 245 g/mol. The molecular formula is C13H18F3N. The van der Waals surface area contributed by atoms with E-state index in [0.717, 1.165) is 25.1 Å². The van der Waals surface area contributed by atoms with Crippen molar-refractivity contribution in [1.29, 1.82) is 0 Å². The second-order valence-corrected chi connectivity index (χ2v) is 5.36. The van der Waals surface area contributed by atoms with Gasteiger partial charge in [-0.1, -0.05) is 20.8 Å². The van der Waals surface area contributed by atoms with E-state index in [-0.39, 0.29) is 5.41 Å². The van der Waals surface area contributed by atoms with E-state index in [1.54, 1.807) is 0 Å². The topological polar surface area (TPSA) is 12.0 Å². The molecule has 96 valence electrons. The molecule has 0 bridgehead atoms. The first-order valence-corrected chi connectivity index (χ1v) is 5.64. The fourth-order valence-electron chi connectivity index (χ4n) is 1.41. The van der Waals surface area contributed by atoms with Crippen molar-refractivity contribution in [3.8, 4) is 0 Å². The van der Waals surface area contributed by atoms with Crippen molar-refractivity contribution < 1.29 is 13.2 Å². The molecule has 1 rings (SSSR count). The van der Waals surface area contributed by atoms with Crippen molar-refractivity contribution in [1.82, 2.24) is 5.32 Å². The molecule has 0 aliphatic heterocycles. The van der Waals surface area contributed by atoms with Gasteiger partial charge in [0.1, 0.15) is 0 Å². The van der Waals surface area contributed by atoms with Gasteiger partial charge in [-0.15, -0.1) is 0 Å². The maximum absolute atomic E-state index is 12.9. The van der Waals surface area contributed by atoms with E-state index < -0.39 is 17.5 Å². The molecule has 0 heterocycles. The molecule has 0 atom stereocenters. The molecule has 1 nitrogen and oxygen atoms in total. The normalized spacial score (nSPS) is 11.9. The van der Waals surface area contributed by atoms with Crippen molar-refractivity contribution >= 4 is 0 Å². The summed E-state index contributed by atoms with van der Waals surface area (Å²) in [5.41, 5.74) is 0.627. The molecule has 1 aromatic carbocycles. The van der Waals surface area contributed by atoms with Gasteiger partial charge < -0.3 is 5.32 Å². The van der Waals surface area contributed by atoms with Crippen LogP contribution in [0.15, 0.2) is 12.1 Å². The van der Waals surface area contributed by atoms with Gasteiger partial charge in [0.15, 0.2) is 17.5 Å². The third kappa shape index (κ3) is 4.77. The van der Waals surface area contributed by atoms with Crippen LogP contribution in [0, 0.1) is 22.9 Å². The van der Waals surface area contributed by atoms with Crippen molar-refractivity contribution in [2.24, 2.45) is 5.41 Å². The van der Waals surface area contributed by atoms with Gasteiger partial charge in [0.2, 0.25) is 0 Å². The van der Waals surface area contributed by atoms with Crippen LogP contribution in [-0.2, 0) is 6.54 Å². The molecule has 0 spiro atoms. The first-order chi connectivity index (χ1) is 7.79. The molecule has 0 unspecified atom stereocenters. The fourth-order valence-corrected chi connectivity index (χ4v) is 1.41. The van der Waals surface area contributed by atoms with Crippen LogP contribution in [-0.4, -0.2) is 6.54 Å². The van der Waals surface area contributed by atoms with Crippen LogP contribution in [0.4, 0.5) is 13.2 Å². The SMILES string of the molecule is CC(C)(C)CCNCc1cc(F)c(F)c(F)c1. The molecule has 0 saturated heterocycles. The molecule has 1 aromatic rings. The Kier molecular flexibility index (Phi) is 4.57. The lowest BCUT2D eigenvalue weighted by Gasteiger charge is -2.18. The van der Waals surface area contributed by atoms with Crippen LogP contribution in [0.5, 0.6) is 0 Å². The molecule has 0 fully saturated rings. The van der Waals surface area contributed by atoms with Crippen LogP contribution in [0.1, 0.15) is 32.8 Å². The lowest BCUT2D eigenvalue weighted by atomic mass is 9.92. The first-order valence-electron chi connectivity index (χ1n) is 5.64. The Morgan fingerprint density at radius 3 is 2.06 bits per heavy atom. The van der Waals surface area contributed by atoms with E-state index in [4.69, 9.17) is 0 Å². The van der Waals surface area contributed by atoms with E-state index in [1.165, 1.54) is 0 Å². The standard InChI is InChI=1S/C13H18F3N/c1-13(2,3)4-5-17-8-9-6-10(14)12(16)11(15)7-9/h6-7,17H,4-5,8H2,1-3H3. The van der Waals surface area contributed by atoms with Gasteiger partial charge in [-0.25, -0.2) is 13.2 Å². The molecule has 0 aliphatic carbocycles. The second-order valence-electron chi connectivity index (χ2n) is 5.36. The summed E-state index contributed by atoms with van der Waals surface area (Å²) in [4.78, 5) is 0. The Morgan fingerprint density at radius 1 is 1.06 bits per heavy atom. The quantitative estimate of drug-likeness (QED) is 0.631. The summed E-state index contributed by atoms with van der Waals surface area (Å²) in [6.45, 7) is 7.44. The predicted molar refractivity (Wildman–Crippen MR) is 62.1 cm³/mol. The van der Waals surface area contributed by atoms with Gasteiger partial charge in [0.05, 0.1) is 0 Å². The summed E-state index contributed by atoms with van der Waals surface area (Å²) < 4.78 is 38.5. The number of hydrogen-bond acceptors (Lipinski definition) is 1. The number of hydrogen-bond donors (Lipinski definition) is 1. The van der Waals surface area contributed by atoms with Gasteiger partial charge in [0.25, 0.3) is 0 Å². The first kappa shape index (κ1) is 14.0. The van der Waals surface area contributed by atoms with Gasteiger partial charge in [-0.05, 0) is 36.1 Å². The zero-order valence-electron chi connectivity index (χ0n) is 10.4. The number of benzene rings is 1. The van der Waals surface area contributed by atoms with Crippen molar-refractivity contribution in [3.05, 3.63) is 35.1 Å². The third-order valence-corrected chi connectivity index (χ3v) is 2.42. The Bertz CT molecular complexity index is 360. The maximum atomic E-state index is 12.9. The Labute approximate surface area is 100 Å². The number of halogens is 3. The van der Waals surface area contributed by atoms with Crippen molar-refractivity contribution in [3.63, 3.8) is 0 Å². The molecule has 0 aliphatic rings. The lowest BCUT2D eigenvalue weighted by Crippen LogP contribution is -2.20. The summed E-state index contributed by atoms with van der Waals surface area (Å²) in [6.07, 6.45) is 0.957. The summed E-state index contributed by atoms with van der Waals surface area (Å²) in [5, 5.41) is 3.08. The molecule has 0 amide bonds. The zero-order valence-corrected chi connectivity index (χ0v) is 10.4. The largest absolute Gasteiger partial charge is 0.313 e. The van der Waals surface area contributed by atoms with E-state index >= 15 is 0 Å². The minimum absolute atomic E-state index is 0.215. The van der Waals surface area contributed by atoms with Gasteiger partial charge in [-0.3, -0.25) is 0 Å². The Morgan fingerprint density at radius 2 is 1.59 bits per heavy atom. The molecule has 4 heteroatoms. The van der Waals surface area contributed by atoms with Gasteiger partial charge in [0, 0.05) is 6.54 Å². The van der Waals surface area contributed by atoms with Crippen LogP contribution < -0.4 is 5.32 Å². The predicted octanol–water partition coefficient (Wildman–Crippen LogP) is 3.63. The second kappa shape index (κ2) is 5.54. The summed E-state index contributed by atoms with van der Waals surface area (Å²) >= 11 is 0. The molecule has 17 heavy (non-hydrogen) atoms. The maximum Gasteiger partial charge on any atom is 0.194 e. The summed E-state index contributed by atoms with van der Waals surface area (Å²) in [7, 11) is 0. The third-order valence-electron chi connectivity index (χ3n) is 2.42. The highest BCUT2D eigenvalue weighted by atomic mass is 19.2.